The Labute approximate surface area is 173 Å². The second-order valence-electron chi connectivity index (χ2n) is 8.54. The van der Waals surface area contributed by atoms with Crippen molar-refractivity contribution >= 4 is 17.6 Å². The standard InChI is InChI=1S/C22H33N5O2/c28-21-18-15-17(16-19(18)23-8-4-1-2-5-10-25-21)22(29)27-13-11-26(12-14-27)20-7-3-6-9-24-20/h3,6-7,9,17-19,23H,1-2,4-5,8,10-16H2,(H,25,28). The van der Waals surface area contributed by atoms with E-state index in [1.807, 2.05) is 29.3 Å². The molecule has 2 saturated heterocycles. The summed E-state index contributed by atoms with van der Waals surface area (Å²) in [6, 6.07) is 6.05. The number of carbonyl (C=O) groups excluding carboxylic acids is 2. The normalized spacial score (nSPS) is 29.0. The molecule has 0 bridgehead atoms. The highest BCUT2D eigenvalue weighted by atomic mass is 16.2. The van der Waals surface area contributed by atoms with Crippen LogP contribution in [0, 0.1) is 11.8 Å². The summed E-state index contributed by atoms with van der Waals surface area (Å²) in [6.07, 6.45) is 7.81. The zero-order chi connectivity index (χ0) is 20.1. The highest BCUT2D eigenvalue weighted by Crippen LogP contribution is 2.33. The SMILES string of the molecule is O=C1NCCCCCCNC2CC(C(=O)N3CCN(c4ccccn4)CC3)CC12. The summed E-state index contributed by atoms with van der Waals surface area (Å²) in [5.41, 5.74) is 0. The molecule has 0 radical (unpaired) electrons. The van der Waals surface area contributed by atoms with Crippen LogP contribution in [0.25, 0.3) is 0 Å². The van der Waals surface area contributed by atoms with Crippen molar-refractivity contribution in [3.63, 3.8) is 0 Å². The van der Waals surface area contributed by atoms with Gasteiger partial charge in [-0.2, -0.15) is 0 Å². The molecule has 2 aliphatic heterocycles. The van der Waals surface area contributed by atoms with E-state index < -0.39 is 0 Å². The second kappa shape index (κ2) is 9.57. The van der Waals surface area contributed by atoms with E-state index in [9.17, 15) is 9.59 Å². The monoisotopic (exact) mass is 399 g/mol. The Bertz CT molecular complexity index is 690. The molecule has 3 atom stereocenters. The lowest BCUT2D eigenvalue weighted by Crippen LogP contribution is -2.50. The first kappa shape index (κ1) is 20.1. The van der Waals surface area contributed by atoms with Gasteiger partial charge in [0.2, 0.25) is 11.8 Å². The Morgan fingerprint density at radius 3 is 2.55 bits per heavy atom. The number of rotatable bonds is 2. The lowest BCUT2D eigenvalue weighted by Gasteiger charge is -2.36. The fraction of sp³-hybridized carbons (Fsp3) is 0.682. The van der Waals surface area contributed by atoms with Crippen LogP contribution in [0.2, 0.25) is 0 Å². The zero-order valence-electron chi connectivity index (χ0n) is 17.2. The highest BCUT2D eigenvalue weighted by molar-refractivity contribution is 5.84. The first-order valence-corrected chi connectivity index (χ1v) is 11.2. The Balaban J connectivity index is 1.34. The number of piperazine rings is 1. The number of hydrogen-bond acceptors (Lipinski definition) is 5. The molecule has 1 aliphatic carbocycles. The number of nitrogens with one attached hydrogen (secondary N) is 2. The molecule has 158 valence electrons. The first-order valence-electron chi connectivity index (χ1n) is 11.2. The molecular weight excluding hydrogens is 366 g/mol. The number of carbonyl (C=O) groups is 2. The van der Waals surface area contributed by atoms with E-state index in [2.05, 4.69) is 20.5 Å². The molecule has 29 heavy (non-hydrogen) atoms. The molecule has 3 aliphatic rings. The molecule has 3 unspecified atom stereocenters. The summed E-state index contributed by atoms with van der Waals surface area (Å²) in [5.74, 6) is 1.19. The molecule has 3 heterocycles. The molecule has 4 rings (SSSR count). The minimum Gasteiger partial charge on any atom is -0.356 e. The van der Waals surface area contributed by atoms with Gasteiger partial charge >= 0.3 is 0 Å². The van der Waals surface area contributed by atoms with Gasteiger partial charge in [0.25, 0.3) is 0 Å². The molecule has 7 heteroatoms. The molecule has 3 fully saturated rings. The van der Waals surface area contributed by atoms with E-state index in [1.54, 1.807) is 0 Å². The van der Waals surface area contributed by atoms with Gasteiger partial charge in [0.05, 0.1) is 5.92 Å². The zero-order valence-corrected chi connectivity index (χ0v) is 17.2. The quantitative estimate of drug-likeness (QED) is 0.786. The van der Waals surface area contributed by atoms with Gasteiger partial charge in [-0.1, -0.05) is 18.9 Å². The van der Waals surface area contributed by atoms with Crippen molar-refractivity contribution < 1.29 is 9.59 Å². The Morgan fingerprint density at radius 1 is 1.00 bits per heavy atom. The third-order valence-electron chi connectivity index (χ3n) is 6.62. The van der Waals surface area contributed by atoms with Crippen LogP contribution in [0.5, 0.6) is 0 Å². The van der Waals surface area contributed by atoms with E-state index in [1.165, 1.54) is 12.8 Å². The van der Waals surface area contributed by atoms with Crippen LogP contribution in [-0.2, 0) is 9.59 Å². The fourth-order valence-corrected chi connectivity index (χ4v) is 4.94. The third kappa shape index (κ3) is 4.89. The van der Waals surface area contributed by atoms with Gasteiger partial charge in [-0.15, -0.1) is 0 Å². The van der Waals surface area contributed by atoms with Crippen molar-refractivity contribution in [3.8, 4) is 0 Å². The van der Waals surface area contributed by atoms with Gasteiger partial charge in [-0.05, 0) is 44.4 Å². The summed E-state index contributed by atoms with van der Waals surface area (Å²) >= 11 is 0. The van der Waals surface area contributed by atoms with Crippen molar-refractivity contribution in [2.45, 2.75) is 44.6 Å². The van der Waals surface area contributed by atoms with Crippen LogP contribution in [0.1, 0.15) is 38.5 Å². The smallest absolute Gasteiger partial charge is 0.225 e. The summed E-state index contributed by atoms with van der Waals surface area (Å²) in [6.45, 7) is 4.76. The van der Waals surface area contributed by atoms with Crippen LogP contribution in [0.15, 0.2) is 24.4 Å². The number of nitrogens with zero attached hydrogens (tertiary/aromatic N) is 3. The van der Waals surface area contributed by atoms with Gasteiger partial charge in [-0.3, -0.25) is 9.59 Å². The van der Waals surface area contributed by atoms with Crippen molar-refractivity contribution in [1.29, 1.82) is 0 Å². The van der Waals surface area contributed by atoms with Gasteiger partial charge in [0.1, 0.15) is 5.82 Å². The molecule has 0 spiro atoms. The van der Waals surface area contributed by atoms with Crippen LogP contribution in [0.3, 0.4) is 0 Å². The van der Waals surface area contributed by atoms with Gasteiger partial charge < -0.3 is 20.4 Å². The number of hydrogen-bond donors (Lipinski definition) is 2. The fourth-order valence-electron chi connectivity index (χ4n) is 4.94. The number of amides is 2. The average molecular weight is 400 g/mol. The number of pyridine rings is 1. The van der Waals surface area contributed by atoms with Crippen LogP contribution in [0.4, 0.5) is 5.82 Å². The minimum absolute atomic E-state index is 0.0485. The van der Waals surface area contributed by atoms with Gasteiger partial charge in [-0.25, -0.2) is 4.98 Å². The summed E-state index contributed by atoms with van der Waals surface area (Å²) in [4.78, 5) is 34.5. The molecule has 1 aromatic heterocycles. The lowest BCUT2D eigenvalue weighted by atomic mass is 10.0. The maximum absolute atomic E-state index is 13.2. The Hall–Kier alpha value is -2.15. The summed E-state index contributed by atoms with van der Waals surface area (Å²) in [5, 5.41) is 6.67. The van der Waals surface area contributed by atoms with Crippen LogP contribution < -0.4 is 15.5 Å². The minimum atomic E-state index is -0.0862. The van der Waals surface area contributed by atoms with Gasteiger partial charge in [0, 0.05) is 50.9 Å². The average Bonchev–Trinajstić information content (AvgIpc) is 3.18. The number of aromatic nitrogens is 1. The summed E-state index contributed by atoms with van der Waals surface area (Å²) < 4.78 is 0. The Kier molecular flexibility index (Phi) is 6.64. The molecule has 1 aromatic rings. The molecule has 7 nitrogen and oxygen atoms in total. The highest BCUT2D eigenvalue weighted by Gasteiger charge is 2.42. The number of fused-ring (bicyclic) bond motifs is 1. The van der Waals surface area contributed by atoms with Crippen LogP contribution in [-0.4, -0.2) is 67.0 Å². The number of anilines is 1. The van der Waals surface area contributed by atoms with Crippen molar-refractivity contribution in [1.82, 2.24) is 20.5 Å². The predicted octanol–water partition coefficient (Wildman–Crippen LogP) is 1.40. The van der Waals surface area contributed by atoms with Crippen molar-refractivity contribution in [3.05, 3.63) is 24.4 Å². The van der Waals surface area contributed by atoms with E-state index in [0.717, 1.165) is 64.3 Å². The van der Waals surface area contributed by atoms with E-state index in [0.29, 0.717) is 6.42 Å². The largest absolute Gasteiger partial charge is 0.356 e. The second-order valence-corrected chi connectivity index (χ2v) is 8.54. The van der Waals surface area contributed by atoms with Crippen molar-refractivity contribution in [2.75, 3.05) is 44.2 Å². The van der Waals surface area contributed by atoms with E-state index >= 15 is 0 Å². The lowest BCUT2D eigenvalue weighted by molar-refractivity contribution is -0.135. The topological polar surface area (TPSA) is 77.6 Å². The van der Waals surface area contributed by atoms with E-state index in [-0.39, 0.29) is 29.7 Å². The van der Waals surface area contributed by atoms with E-state index in [4.69, 9.17) is 0 Å². The van der Waals surface area contributed by atoms with Gasteiger partial charge in [0.15, 0.2) is 0 Å². The maximum atomic E-state index is 13.2. The molecular formula is C22H33N5O2. The summed E-state index contributed by atoms with van der Waals surface area (Å²) in [7, 11) is 0. The Morgan fingerprint density at radius 2 is 1.79 bits per heavy atom. The molecule has 1 saturated carbocycles. The van der Waals surface area contributed by atoms with Crippen molar-refractivity contribution in [2.24, 2.45) is 11.8 Å². The third-order valence-corrected chi connectivity index (χ3v) is 6.62. The maximum Gasteiger partial charge on any atom is 0.225 e. The predicted molar refractivity (Wildman–Crippen MR) is 113 cm³/mol. The molecule has 2 N–H and O–H groups in total. The van der Waals surface area contributed by atoms with Crippen LogP contribution >= 0.6 is 0 Å². The first-order chi connectivity index (χ1) is 14.2. The molecule has 2 amide bonds. The molecule has 0 aromatic carbocycles.